The number of methoxy groups -OCH3 is 3. The number of para-hydroxylation sites is 1. The van der Waals surface area contributed by atoms with Crippen molar-refractivity contribution in [3.63, 3.8) is 0 Å². The van der Waals surface area contributed by atoms with Crippen molar-refractivity contribution in [3.05, 3.63) is 83.8 Å². The van der Waals surface area contributed by atoms with Crippen LogP contribution in [-0.4, -0.2) is 44.2 Å². The summed E-state index contributed by atoms with van der Waals surface area (Å²) in [6.07, 6.45) is 6.66. The summed E-state index contributed by atoms with van der Waals surface area (Å²) in [6, 6.07) is 15.6. The second-order valence-corrected chi connectivity index (χ2v) is 10.5. The number of benzene rings is 3. The lowest BCUT2D eigenvalue weighted by atomic mass is 9.94. The number of nitrogens with one attached hydrogen (secondary N) is 2. The predicted octanol–water partition coefficient (Wildman–Crippen LogP) is 6.10. The Bertz CT molecular complexity index is 1540. The molecule has 5 rings (SSSR count). The van der Waals surface area contributed by atoms with Gasteiger partial charge in [-0.1, -0.05) is 43.5 Å². The highest BCUT2D eigenvalue weighted by molar-refractivity contribution is 6.03. The number of hydrogen-bond donors (Lipinski definition) is 2. The number of amides is 2. The van der Waals surface area contributed by atoms with Gasteiger partial charge < -0.3 is 24.5 Å². The Morgan fingerprint density at radius 2 is 1.67 bits per heavy atom. The highest BCUT2D eigenvalue weighted by Gasteiger charge is 2.36. The molecule has 0 bridgehead atoms. The molecule has 0 radical (unpaired) electrons. The van der Waals surface area contributed by atoms with Crippen molar-refractivity contribution in [1.29, 1.82) is 0 Å². The van der Waals surface area contributed by atoms with E-state index in [1.165, 1.54) is 44.4 Å². The summed E-state index contributed by atoms with van der Waals surface area (Å²) in [6.45, 7) is 0. The molecule has 8 nitrogen and oxygen atoms in total. The van der Waals surface area contributed by atoms with Gasteiger partial charge in [-0.25, -0.2) is 4.39 Å². The lowest BCUT2D eigenvalue weighted by molar-refractivity contribution is -0.127. The molecule has 1 aromatic heterocycles. The van der Waals surface area contributed by atoms with Gasteiger partial charge in [0.25, 0.3) is 0 Å². The van der Waals surface area contributed by atoms with Crippen LogP contribution in [0.4, 0.5) is 10.1 Å². The molecule has 1 heterocycles. The molecule has 2 N–H and O–H groups in total. The van der Waals surface area contributed by atoms with E-state index in [0.29, 0.717) is 22.8 Å². The van der Waals surface area contributed by atoms with Crippen molar-refractivity contribution in [2.75, 3.05) is 26.2 Å². The fourth-order valence-electron chi connectivity index (χ4n) is 5.79. The lowest BCUT2D eigenvalue weighted by Gasteiger charge is -2.34. The van der Waals surface area contributed by atoms with Gasteiger partial charge in [0.1, 0.15) is 11.9 Å². The molecule has 0 spiro atoms. The zero-order chi connectivity index (χ0) is 29.6. The molecule has 1 saturated carbocycles. The third-order valence-corrected chi connectivity index (χ3v) is 7.83. The van der Waals surface area contributed by atoms with Gasteiger partial charge in [0.15, 0.2) is 11.5 Å². The van der Waals surface area contributed by atoms with E-state index >= 15 is 0 Å². The highest BCUT2D eigenvalue weighted by atomic mass is 19.1. The highest BCUT2D eigenvalue weighted by Crippen LogP contribution is 2.42. The molecule has 9 heteroatoms. The summed E-state index contributed by atoms with van der Waals surface area (Å²) in [4.78, 5) is 33.2. The van der Waals surface area contributed by atoms with Gasteiger partial charge >= 0.3 is 0 Å². The fraction of sp³-hybridized carbons (Fsp3) is 0.333. The molecular weight excluding hydrogens is 537 g/mol. The molecule has 4 aromatic rings. The monoisotopic (exact) mass is 573 g/mol. The van der Waals surface area contributed by atoms with E-state index in [2.05, 4.69) is 10.3 Å². The van der Waals surface area contributed by atoms with E-state index in [0.717, 1.165) is 48.6 Å². The Labute approximate surface area is 244 Å². The van der Waals surface area contributed by atoms with Gasteiger partial charge in [0, 0.05) is 28.8 Å². The minimum atomic E-state index is -1.15. The standard InChI is InChI=1S/C33H36FN3O5/c1-40-28-16-21(17-29(41-2)32(28)42-3)31(33(39)36-24-11-5-4-6-12-24)37(25-13-9-10-23(34)19-25)30(38)18-22-20-35-27-15-8-7-14-26(22)27/h7-10,13-17,19-20,24,31,35H,4-6,11-12,18H2,1-3H3,(H,36,39)/t31-/m1/s1. The van der Waals surface area contributed by atoms with Crippen molar-refractivity contribution >= 4 is 28.4 Å². The van der Waals surface area contributed by atoms with Gasteiger partial charge in [-0.2, -0.15) is 0 Å². The predicted molar refractivity (Wildman–Crippen MR) is 160 cm³/mol. The Hall–Kier alpha value is -4.53. The van der Waals surface area contributed by atoms with Gasteiger partial charge in [-0.3, -0.25) is 14.5 Å². The first-order chi connectivity index (χ1) is 20.4. The molecule has 0 aliphatic heterocycles. The summed E-state index contributed by atoms with van der Waals surface area (Å²) in [5, 5.41) is 4.09. The van der Waals surface area contributed by atoms with E-state index in [-0.39, 0.29) is 30.0 Å². The first-order valence-electron chi connectivity index (χ1n) is 14.2. The van der Waals surface area contributed by atoms with Crippen LogP contribution in [0.3, 0.4) is 0 Å². The molecule has 42 heavy (non-hydrogen) atoms. The summed E-state index contributed by atoms with van der Waals surface area (Å²) in [5.74, 6) is -0.224. The zero-order valence-corrected chi connectivity index (χ0v) is 24.1. The van der Waals surface area contributed by atoms with E-state index in [9.17, 15) is 14.0 Å². The third-order valence-electron chi connectivity index (χ3n) is 7.83. The second-order valence-electron chi connectivity index (χ2n) is 10.5. The van der Waals surface area contributed by atoms with E-state index in [4.69, 9.17) is 14.2 Å². The number of carbonyl (C=O) groups is 2. The fourth-order valence-corrected chi connectivity index (χ4v) is 5.79. The van der Waals surface area contributed by atoms with Crippen LogP contribution < -0.4 is 24.4 Å². The lowest BCUT2D eigenvalue weighted by Crippen LogP contribution is -2.47. The minimum absolute atomic E-state index is 0.0157. The molecule has 1 fully saturated rings. The maximum atomic E-state index is 14.7. The third kappa shape index (κ3) is 6.05. The topological polar surface area (TPSA) is 92.9 Å². The molecule has 220 valence electrons. The molecule has 1 aliphatic rings. The summed E-state index contributed by atoms with van der Waals surface area (Å²) in [7, 11) is 4.48. The number of halogens is 1. The number of H-pyrrole nitrogens is 1. The molecule has 1 atom stereocenters. The van der Waals surface area contributed by atoms with Crippen molar-refractivity contribution in [1.82, 2.24) is 10.3 Å². The first-order valence-corrected chi connectivity index (χ1v) is 14.2. The van der Waals surface area contributed by atoms with Gasteiger partial charge in [0.05, 0.1) is 27.8 Å². The Balaban J connectivity index is 1.64. The van der Waals surface area contributed by atoms with Gasteiger partial charge in [0.2, 0.25) is 17.6 Å². The average Bonchev–Trinajstić information content (AvgIpc) is 3.41. The number of rotatable bonds is 10. The van der Waals surface area contributed by atoms with Crippen LogP contribution in [0, 0.1) is 5.82 Å². The minimum Gasteiger partial charge on any atom is -0.493 e. The number of carbonyl (C=O) groups excluding carboxylic acids is 2. The quantitative estimate of drug-likeness (QED) is 0.239. The van der Waals surface area contributed by atoms with Crippen molar-refractivity contribution in [2.24, 2.45) is 0 Å². The van der Waals surface area contributed by atoms with E-state index in [1.807, 2.05) is 24.3 Å². The average molecular weight is 574 g/mol. The number of aromatic nitrogens is 1. The molecule has 3 aromatic carbocycles. The van der Waals surface area contributed by atoms with Gasteiger partial charge in [-0.05, 0) is 60.4 Å². The van der Waals surface area contributed by atoms with Crippen molar-refractivity contribution < 1.29 is 28.2 Å². The number of ether oxygens (including phenoxy) is 3. The smallest absolute Gasteiger partial charge is 0.248 e. The summed E-state index contributed by atoms with van der Waals surface area (Å²) in [5.41, 5.74) is 2.37. The van der Waals surface area contributed by atoms with Gasteiger partial charge in [-0.15, -0.1) is 0 Å². The van der Waals surface area contributed by atoms with Crippen LogP contribution in [0.1, 0.15) is 49.3 Å². The zero-order valence-electron chi connectivity index (χ0n) is 24.1. The largest absolute Gasteiger partial charge is 0.493 e. The Morgan fingerprint density at radius 3 is 2.33 bits per heavy atom. The van der Waals surface area contributed by atoms with Crippen LogP contribution in [0.25, 0.3) is 10.9 Å². The number of anilines is 1. The molecule has 2 amide bonds. The maximum Gasteiger partial charge on any atom is 0.248 e. The van der Waals surface area contributed by atoms with E-state index in [1.54, 1.807) is 24.4 Å². The normalized spacial score (nSPS) is 14.3. The number of hydrogen-bond acceptors (Lipinski definition) is 5. The van der Waals surface area contributed by atoms with Crippen LogP contribution in [0.15, 0.2) is 66.9 Å². The second kappa shape index (κ2) is 13.0. The van der Waals surface area contributed by atoms with Crippen LogP contribution >= 0.6 is 0 Å². The summed E-state index contributed by atoms with van der Waals surface area (Å²) >= 11 is 0. The van der Waals surface area contributed by atoms with Crippen LogP contribution in [0.5, 0.6) is 17.2 Å². The molecule has 0 unspecified atom stereocenters. The van der Waals surface area contributed by atoms with Crippen molar-refractivity contribution in [2.45, 2.75) is 50.6 Å². The van der Waals surface area contributed by atoms with Crippen LogP contribution in [-0.2, 0) is 16.0 Å². The molecular formula is C33H36FN3O5. The number of nitrogens with zero attached hydrogens (tertiary/aromatic N) is 1. The maximum absolute atomic E-state index is 14.7. The Morgan fingerprint density at radius 1 is 0.952 bits per heavy atom. The van der Waals surface area contributed by atoms with E-state index < -0.39 is 11.9 Å². The SMILES string of the molecule is COc1cc([C@H](C(=O)NC2CCCCC2)N(C(=O)Cc2c[nH]c3ccccc23)c2cccc(F)c2)cc(OC)c1OC. The van der Waals surface area contributed by atoms with Crippen LogP contribution in [0.2, 0.25) is 0 Å². The first kappa shape index (κ1) is 29.0. The molecule has 0 saturated heterocycles. The number of aromatic amines is 1. The number of fused-ring (bicyclic) bond motifs is 1. The molecule has 1 aliphatic carbocycles. The Kier molecular flexibility index (Phi) is 8.95. The van der Waals surface area contributed by atoms with Crippen molar-refractivity contribution in [3.8, 4) is 17.2 Å². The summed E-state index contributed by atoms with van der Waals surface area (Å²) < 4.78 is 31.3.